The fraction of sp³-hybridized carbons (Fsp3) is 0.435. The second kappa shape index (κ2) is 10.3. The summed E-state index contributed by atoms with van der Waals surface area (Å²) in [5, 5.41) is 7.78. The van der Waals surface area contributed by atoms with E-state index in [4.69, 9.17) is 13.7 Å². The van der Waals surface area contributed by atoms with Crippen molar-refractivity contribution in [1.29, 1.82) is 0 Å². The van der Waals surface area contributed by atoms with Crippen LogP contribution in [-0.4, -0.2) is 53.8 Å². The number of amides is 1. The first-order chi connectivity index (χ1) is 15.5. The quantitative estimate of drug-likeness (QED) is 0.513. The van der Waals surface area contributed by atoms with Crippen LogP contribution in [0.2, 0.25) is 0 Å². The first-order valence-electron chi connectivity index (χ1n) is 10.7. The normalized spacial score (nSPS) is 15.6. The standard InChI is InChI=1S/C23H28N4O4S/c1-15-6-7-21(30-15)20(27-9-11-29-12-10-27)13-25-22(28)18-5-4-8-24-23(18)32-14-19-16(2)26-31-17(19)3/h4-8,20H,9-14H2,1-3H3,(H,25,28). The number of hydrogen-bond acceptors (Lipinski definition) is 8. The van der Waals surface area contributed by atoms with Crippen LogP contribution in [0.1, 0.15) is 44.9 Å². The number of carbonyl (C=O) groups excluding carboxylic acids is 1. The van der Waals surface area contributed by atoms with Gasteiger partial charge in [0.1, 0.15) is 22.3 Å². The van der Waals surface area contributed by atoms with Crippen LogP contribution in [0.3, 0.4) is 0 Å². The summed E-state index contributed by atoms with van der Waals surface area (Å²) in [6.45, 7) is 9.12. The highest BCUT2D eigenvalue weighted by Crippen LogP contribution is 2.28. The minimum absolute atomic E-state index is 0.0494. The third-order valence-corrected chi connectivity index (χ3v) is 6.61. The van der Waals surface area contributed by atoms with E-state index in [1.54, 1.807) is 18.3 Å². The largest absolute Gasteiger partial charge is 0.465 e. The van der Waals surface area contributed by atoms with Crippen molar-refractivity contribution in [3.63, 3.8) is 0 Å². The number of rotatable bonds is 8. The van der Waals surface area contributed by atoms with Crippen LogP contribution in [0.15, 0.2) is 44.4 Å². The van der Waals surface area contributed by atoms with Gasteiger partial charge in [-0.3, -0.25) is 9.69 Å². The molecule has 1 saturated heterocycles. The summed E-state index contributed by atoms with van der Waals surface area (Å²) >= 11 is 1.51. The van der Waals surface area contributed by atoms with Crippen LogP contribution >= 0.6 is 11.8 Å². The summed E-state index contributed by atoms with van der Waals surface area (Å²) in [4.78, 5) is 19.8. The number of morpholine rings is 1. The first-order valence-corrected chi connectivity index (χ1v) is 11.7. The molecule has 1 unspecified atom stereocenters. The van der Waals surface area contributed by atoms with Crippen molar-refractivity contribution in [3.8, 4) is 0 Å². The Labute approximate surface area is 191 Å². The summed E-state index contributed by atoms with van der Waals surface area (Å²) in [6.07, 6.45) is 1.70. The molecule has 0 spiro atoms. The lowest BCUT2D eigenvalue weighted by atomic mass is 10.1. The second-order valence-electron chi connectivity index (χ2n) is 7.77. The number of ether oxygens (including phenoxy) is 1. The molecule has 3 aromatic rings. The van der Waals surface area contributed by atoms with Crippen LogP contribution in [0.5, 0.6) is 0 Å². The van der Waals surface area contributed by atoms with Crippen molar-refractivity contribution in [2.45, 2.75) is 37.6 Å². The summed E-state index contributed by atoms with van der Waals surface area (Å²) < 4.78 is 16.6. The number of nitrogens with zero attached hydrogens (tertiary/aromatic N) is 3. The topological polar surface area (TPSA) is 93.6 Å². The van der Waals surface area contributed by atoms with Crippen molar-refractivity contribution < 1.29 is 18.5 Å². The molecule has 1 aliphatic rings. The molecular formula is C23H28N4O4S. The van der Waals surface area contributed by atoms with Gasteiger partial charge in [-0.15, -0.1) is 11.8 Å². The first kappa shape index (κ1) is 22.6. The van der Waals surface area contributed by atoms with E-state index in [1.807, 2.05) is 32.9 Å². The Balaban J connectivity index is 1.45. The predicted molar refractivity (Wildman–Crippen MR) is 121 cm³/mol. The van der Waals surface area contributed by atoms with Crippen molar-refractivity contribution in [2.24, 2.45) is 0 Å². The molecule has 0 bridgehead atoms. The average molecular weight is 457 g/mol. The molecule has 170 valence electrons. The lowest BCUT2D eigenvalue weighted by Crippen LogP contribution is -2.43. The SMILES string of the molecule is Cc1ccc(C(CNC(=O)c2cccnc2SCc2c(C)noc2C)N2CCOCC2)o1. The third-order valence-electron chi connectivity index (χ3n) is 5.58. The molecule has 1 atom stereocenters. The Kier molecular flexibility index (Phi) is 7.29. The number of pyridine rings is 1. The van der Waals surface area contributed by atoms with Crippen molar-refractivity contribution >= 4 is 17.7 Å². The van der Waals surface area contributed by atoms with E-state index >= 15 is 0 Å². The summed E-state index contributed by atoms with van der Waals surface area (Å²) in [6, 6.07) is 7.47. The smallest absolute Gasteiger partial charge is 0.254 e. The lowest BCUT2D eigenvalue weighted by molar-refractivity contribution is 0.0117. The van der Waals surface area contributed by atoms with Gasteiger partial charge in [0.15, 0.2) is 0 Å². The molecule has 32 heavy (non-hydrogen) atoms. The maximum Gasteiger partial charge on any atom is 0.254 e. The minimum atomic E-state index is -0.152. The number of aromatic nitrogens is 2. The maximum atomic E-state index is 13.1. The highest BCUT2D eigenvalue weighted by atomic mass is 32.2. The summed E-state index contributed by atoms with van der Waals surface area (Å²) in [5.41, 5.74) is 2.45. The molecule has 9 heteroatoms. The van der Waals surface area contributed by atoms with Gasteiger partial charge in [-0.25, -0.2) is 4.98 Å². The van der Waals surface area contributed by atoms with Gasteiger partial charge in [0.2, 0.25) is 0 Å². The minimum Gasteiger partial charge on any atom is -0.465 e. The monoisotopic (exact) mass is 456 g/mol. The van der Waals surface area contributed by atoms with E-state index in [0.717, 1.165) is 41.6 Å². The predicted octanol–water partition coefficient (Wildman–Crippen LogP) is 3.68. The number of carbonyl (C=O) groups is 1. The average Bonchev–Trinajstić information content (AvgIpc) is 3.38. The van der Waals surface area contributed by atoms with Crippen LogP contribution < -0.4 is 5.32 Å². The van der Waals surface area contributed by atoms with Gasteiger partial charge in [0.25, 0.3) is 5.91 Å². The number of hydrogen-bond donors (Lipinski definition) is 1. The summed E-state index contributed by atoms with van der Waals surface area (Å²) in [5.74, 6) is 2.99. The Bertz CT molecular complexity index is 1040. The molecule has 1 aliphatic heterocycles. The molecule has 1 amide bonds. The van der Waals surface area contributed by atoms with Gasteiger partial charge in [0.05, 0.1) is 30.5 Å². The number of nitrogens with one attached hydrogen (secondary N) is 1. The van der Waals surface area contributed by atoms with E-state index < -0.39 is 0 Å². The lowest BCUT2D eigenvalue weighted by Gasteiger charge is -2.33. The van der Waals surface area contributed by atoms with Gasteiger partial charge in [0, 0.05) is 37.1 Å². The van der Waals surface area contributed by atoms with E-state index in [1.165, 1.54) is 11.8 Å². The molecule has 0 aromatic carbocycles. The van der Waals surface area contributed by atoms with Crippen molar-refractivity contribution in [2.75, 3.05) is 32.8 Å². The third kappa shape index (κ3) is 5.23. The Morgan fingerprint density at radius 3 is 2.72 bits per heavy atom. The molecule has 4 heterocycles. The molecule has 1 fully saturated rings. The molecule has 4 rings (SSSR count). The zero-order valence-corrected chi connectivity index (χ0v) is 19.4. The number of thioether (sulfide) groups is 1. The molecule has 0 saturated carbocycles. The molecule has 1 N–H and O–H groups in total. The van der Waals surface area contributed by atoms with Crippen molar-refractivity contribution in [3.05, 3.63) is 64.6 Å². The number of furan rings is 1. The van der Waals surface area contributed by atoms with Gasteiger partial charge in [-0.2, -0.15) is 0 Å². The maximum absolute atomic E-state index is 13.1. The fourth-order valence-corrected chi connectivity index (χ4v) is 4.89. The van der Waals surface area contributed by atoms with Gasteiger partial charge < -0.3 is 19.0 Å². The van der Waals surface area contributed by atoms with Crippen LogP contribution in [0.4, 0.5) is 0 Å². The van der Waals surface area contributed by atoms with E-state index in [2.05, 4.69) is 20.4 Å². The molecule has 0 radical (unpaired) electrons. The van der Waals surface area contributed by atoms with Crippen LogP contribution in [0, 0.1) is 20.8 Å². The molecular weight excluding hydrogens is 428 g/mol. The molecule has 8 nitrogen and oxygen atoms in total. The van der Waals surface area contributed by atoms with E-state index in [9.17, 15) is 4.79 Å². The molecule has 0 aliphatic carbocycles. The van der Waals surface area contributed by atoms with Gasteiger partial charge in [-0.05, 0) is 45.0 Å². The highest BCUT2D eigenvalue weighted by Gasteiger charge is 2.26. The second-order valence-corrected chi connectivity index (χ2v) is 8.73. The Hall–Kier alpha value is -2.62. The van der Waals surface area contributed by atoms with E-state index in [0.29, 0.717) is 36.1 Å². The summed E-state index contributed by atoms with van der Waals surface area (Å²) in [7, 11) is 0. The molecule has 3 aromatic heterocycles. The zero-order chi connectivity index (χ0) is 22.5. The van der Waals surface area contributed by atoms with Crippen LogP contribution in [-0.2, 0) is 10.5 Å². The van der Waals surface area contributed by atoms with Gasteiger partial charge >= 0.3 is 0 Å². The number of aryl methyl sites for hydroxylation is 3. The zero-order valence-electron chi connectivity index (χ0n) is 18.6. The Morgan fingerprint density at radius 2 is 2.03 bits per heavy atom. The fourth-order valence-electron chi connectivity index (χ4n) is 3.74. The Morgan fingerprint density at radius 1 is 1.22 bits per heavy atom. The highest BCUT2D eigenvalue weighted by molar-refractivity contribution is 7.98. The van der Waals surface area contributed by atoms with Crippen molar-refractivity contribution in [1.82, 2.24) is 20.4 Å². The van der Waals surface area contributed by atoms with Gasteiger partial charge in [-0.1, -0.05) is 5.16 Å². The van der Waals surface area contributed by atoms with Crippen LogP contribution in [0.25, 0.3) is 0 Å². The van der Waals surface area contributed by atoms with E-state index in [-0.39, 0.29) is 11.9 Å².